The number of rotatable bonds is 6. The van der Waals surface area contributed by atoms with Crippen molar-refractivity contribution in [1.29, 1.82) is 0 Å². The van der Waals surface area contributed by atoms with E-state index in [1.54, 1.807) is 18.5 Å². The Hall–Kier alpha value is -1.86. The monoisotopic (exact) mass is 287 g/mol. The molecule has 1 aromatic heterocycles. The van der Waals surface area contributed by atoms with Gasteiger partial charge in [-0.1, -0.05) is 38.5 Å². The van der Waals surface area contributed by atoms with Crippen molar-refractivity contribution in [1.82, 2.24) is 9.88 Å². The van der Waals surface area contributed by atoms with Gasteiger partial charge in [0.2, 0.25) is 0 Å². The highest BCUT2D eigenvalue weighted by atomic mass is 16.2. The van der Waals surface area contributed by atoms with E-state index in [0.717, 1.165) is 19.4 Å². The normalized spacial score (nSPS) is 10.1. The van der Waals surface area contributed by atoms with Gasteiger partial charge in [-0.25, -0.2) is 0 Å². The summed E-state index contributed by atoms with van der Waals surface area (Å²) in [6.07, 6.45) is 5.42. The Balaban J connectivity index is 3.00. The summed E-state index contributed by atoms with van der Waals surface area (Å²) in [5.74, 6) is 6.27. The van der Waals surface area contributed by atoms with Gasteiger partial charge in [0.05, 0.1) is 17.7 Å². The maximum Gasteiger partial charge on any atom is 0.255 e. The average Bonchev–Trinajstić information content (AvgIpc) is 2.54. The lowest BCUT2D eigenvalue weighted by Crippen LogP contribution is -2.35. The van der Waals surface area contributed by atoms with Gasteiger partial charge in [-0.3, -0.25) is 9.78 Å². The Morgan fingerprint density at radius 2 is 2.10 bits per heavy atom. The molecule has 1 aromatic rings. The predicted molar refractivity (Wildman–Crippen MR) is 85.8 cm³/mol. The number of hydrogen-bond donors (Lipinski definition) is 1. The number of nitrogens with two attached hydrogens (primary N) is 1. The van der Waals surface area contributed by atoms with Crippen molar-refractivity contribution in [3.63, 3.8) is 0 Å². The molecule has 4 heteroatoms. The van der Waals surface area contributed by atoms with Crippen LogP contribution in [0.25, 0.3) is 0 Å². The van der Waals surface area contributed by atoms with Crippen LogP contribution in [0, 0.1) is 17.8 Å². The molecule has 2 N–H and O–H groups in total. The summed E-state index contributed by atoms with van der Waals surface area (Å²) in [6.45, 7) is 8.09. The molecule has 21 heavy (non-hydrogen) atoms. The van der Waals surface area contributed by atoms with Gasteiger partial charge in [0.1, 0.15) is 0 Å². The van der Waals surface area contributed by atoms with Crippen LogP contribution in [0.4, 0.5) is 0 Å². The number of nitrogens with zero attached hydrogens (tertiary/aromatic N) is 2. The van der Waals surface area contributed by atoms with Gasteiger partial charge in [-0.15, -0.1) is 0 Å². The minimum absolute atomic E-state index is 0.0214. The summed E-state index contributed by atoms with van der Waals surface area (Å²) in [5, 5.41) is 0. The Morgan fingerprint density at radius 3 is 2.67 bits per heavy atom. The molecule has 0 spiro atoms. The van der Waals surface area contributed by atoms with Gasteiger partial charge >= 0.3 is 0 Å². The first-order valence-corrected chi connectivity index (χ1v) is 7.60. The molecule has 0 aromatic carbocycles. The van der Waals surface area contributed by atoms with Crippen molar-refractivity contribution in [3.05, 3.63) is 29.6 Å². The average molecular weight is 287 g/mol. The Kier molecular flexibility index (Phi) is 7.49. The molecule has 0 aliphatic rings. The minimum atomic E-state index is 0.0214. The van der Waals surface area contributed by atoms with Crippen LogP contribution in [0.1, 0.15) is 49.5 Å². The van der Waals surface area contributed by atoms with Crippen LogP contribution in [0.15, 0.2) is 18.5 Å². The third kappa shape index (κ3) is 4.87. The Labute approximate surface area is 127 Å². The van der Waals surface area contributed by atoms with E-state index in [4.69, 9.17) is 5.73 Å². The Bertz CT molecular complexity index is 512. The van der Waals surface area contributed by atoms with Crippen LogP contribution < -0.4 is 5.73 Å². The van der Waals surface area contributed by atoms with Gasteiger partial charge in [-0.2, -0.15) is 0 Å². The van der Waals surface area contributed by atoms with E-state index in [1.807, 2.05) is 11.8 Å². The molecule has 114 valence electrons. The highest BCUT2D eigenvalue weighted by Crippen LogP contribution is 2.14. The maximum absolute atomic E-state index is 12.7. The van der Waals surface area contributed by atoms with Crippen molar-refractivity contribution < 1.29 is 4.79 Å². The second-order valence-corrected chi connectivity index (χ2v) is 4.95. The summed E-state index contributed by atoms with van der Waals surface area (Å²) < 4.78 is 0. The molecule has 0 atom stereocenters. The lowest BCUT2D eigenvalue weighted by Gasteiger charge is -2.25. The Morgan fingerprint density at radius 1 is 1.38 bits per heavy atom. The lowest BCUT2D eigenvalue weighted by molar-refractivity contribution is 0.0734. The molecular weight excluding hydrogens is 262 g/mol. The number of carbonyl (C=O) groups is 1. The van der Waals surface area contributed by atoms with Gasteiger partial charge in [-0.05, 0) is 18.9 Å². The quantitative estimate of drug-likeness (QED) is 0.817. The van der Waals surface area contributed by atoms with Crippen LogP contribution in [0.5, 0.6) is 0 Å². The highest BCUT2D eigenvalue weighted by Gasteiger charge is 2.19. The lowest BCUT2D eigenvalue weighted by atomic mass is 10.0. The van der Waals surface area contributed by atoms with E-state index >= 15 is 0 Å². The van der Waals surface area contributed by atoms with Crippen molar-refractivity contribution >= 4 is 5.91 Å². The first-order valence-electron chi connectivity index (χ1n) is 7.60. The summed E-state index contributed by atoms with van der Waals surface area (Å²) in [5.41, 5.74) is 6.66. The molecule has 0 unspecified atom stereocenters. The molecule has 0 aliphatic carbocycles. The maximum atomic E-state index is 12.7. The summed E-state index contributed by atoms with van der Waals surface area (Å²) in [7, 11) is 0. The number of aromatic nitrogens is 1. The molecule has 1 heterocycles. The molecule has 0 fully saturated rings. The SMILES string of the molecule is CCC(CC)CN(CC)C(=O)c1ccncc1C#CCN. The van der Waals surface area contributed by atoms with E-state index in [0.29, 0.717) is 23.6 Å². The highest BCUT2D eigenvalue weighted by molar-refractivity contribution is 5.96. The fourth-order valence-electron chi connectivity index (χ4n) is 2.21. The number of hydrogen-bond acceptors (Lipinski definition) is 3. The number of amides is 1. The van der Waals surface area contributed by atoms with Crippen molar-refractivity contribution in [2.75, 3.05) is 19.6 Å². The van der Waals surface area contributed by atoms with E-state index in [9.17, 15) is 4.79 Å². The number of pyridine rings is 1. The van der Waals surface area contributed by atoms with E-state index < -0.39 is 0 Å². The molecule has 1 rings (SSSR count). The van der Waals surface area contributed by atoms with Crippen LogP contribution >= 0.6 is 0 Å². The number of carbonyl (C=O) groups excluding carboxylic acids is 1. The van der Waals surface area contributed by atoms with Crippen molar-refractivity contribution in [3.8, 4) is 11.8 Å². The van der Waals surface area contributed by atoms with Gasteiger partial charge in [0.25, 0.3) is 5.91 Å². The fraction of sp³-hybridized carbons (Fsp3) is 0.529. The van der Waals surface area contributed by atoms with Crippen LogP contribution in [-0.4, -0.2) is 35.4 Å². The second kappa shape index (κ2) is 9.15. The van der Waals surface area contributed by atoms with Gasteiger partial charge < -0.3 is 10.6 Å². The standard InChI is InChI=1S/C17H25N3O/c1-4-14(5-2)13-20(6-3)17(21)16-9-11-19-12-15(16)8-7-10-18/h9,11-12,14H,4-6,10,13,18H2,1-3H3. The van der Waals surface area contributed by atoms with Crippen LogP contribution in [0.3, 0.4) is 0 Å². The van der Waals surface area contributed by atoms with E-state index in [2.05, 4.69) is 30.7 Å². The van der Waals surface area contributed by atoms with Crippen LogP contribution in [-0.2, 0) is 0 Å². The van der Waals surface area contributed by atoms with E-state index in [1.165, 1.54) is 0 Å². The van der Waals surface area contributed by atoms with Gasteiger partial charge in [0, 0.05) is 25.5 Å². The van der Waals surface area contributed by atoms with Gasteiger partial charge in [0.15, 0.2) is 0 Å². The molecule has 0 saturated carbocycles. The zero-order chi connectivity index (χ0) is 15.7. The van der Waals surface area contributed by atoms with E-state index in [-0.39, 0.29) is 12.5 Å². The molecule has 4 nitrogen and oxygen atoms in total. The largest absolute Gasteiger partial charge is 0.339 e. The minimum Gasteiger partial charge on any atom is -0.339 e. The first-order chi connectivity index (χ1) is 10.2. The van der Waals surface area contributed by atoms with Crippen molar-refractivity contribution in [2.24, 2.45) is 11.7 Å². The predicted octanol–water partition coefficient (Wildman–Crippen LogP) is 2.29. The smallest absolute Gasteiger partial charge is 0.255 e. The molecule has 0 radical (unpaired) electrons. The zero-order valence-corrected chi connectivity index (χ0v) is 13.2. The molecular formula is C17H25N3O. The summed E-state index contributed by atoms with van der Waals surface area (Å²) >= 11 is 0. The molecule has 0 bridgehead atoms. The second-order valence-electron chi connectivity index (χ2n) is 4.95. The fourth-order valence-corrected chi connectivity index (χ4v) is 2.21. The van der Waals surface area contributed by atoms with Crippen molar-refractivity contribution in [2.45, 2.75) is 33.6 Å². The first kappa shape index (κ1) is 17.2. The van der Waals surface area contributed by atoms with Crippen LogP contribution in [0.2, 0.25) is 0 Å². The third-order valence-electron chi connectivity index (χ3n) is 3.68. The molecule has 0 saturated heterocycles. The third-order valence-corrected chi connectivity index (χ3v) is 3.68. The molecule has 1 amide bonds. The zero-order valence-electron chi connectivity index (χ0n) is 13.2. The molecule has 0 aliphatic heterocycles. The summed E-state index contributed by atoms with van der Waals surface area (Å²) in [6, 6.07) is 1.73. The topological polar surface area (TPSA) is 59.2 Å². The summed E-state index contributed by atoms with van der Waals surface area (Å²) in [4.78, 5) is 18.7.